The second-order valence-corrected chi connectivity index (χ2v) is 6.47. The van der Waals surface area contributed by atoms with Gasteiger partial charge in [0.05, 0.1) is 12.2 Å². The van der Waals surface area contributed by atoms with E-state index in [1.165, 1.54) is 4.31 Å². The molecule has 2 N–H and O–H groups in total. The summed E-state index contributed by atoms with van der Waals surface area (Å²) in [6.45, 7) is 3.28. The monoisotopic (exact) mass is 297 g/mol. The van der Waals surface area contributed by atoms with Crippen molar-refractivity contribution in [3.05, 3.63) is 24.3 Å². The summed E-state index contributed by atoms with van der Waals surface area (Å²) in [5, 5.41) is 5.72. The summed E-state index contributed by atoms with van der Waals surface area (Å²) >= 11 is 0. The number of amides is 1. The SMILES string of the molecule is CCNc1ccccc1S(=O)(=O)N1CCCNC(=O)C1. The minimum absolute atomic E-state index is 0.122. The topological polar surface area (TPSA) is 78.5 Å². The molecule has 2 rings (SSSR count). The Labute approximate surface area is 119 Å². The normalized spacial score (nSPS) is 17.4. The first-order chi connectivity index (χ1) is 9.55. The van der Waals surface area contributed by atoms with Gasteiger partial charge in [-0.05, 0) is 25.5 Å². The molecule has 0 saturated carbocycles. The molecular weight excluding hydrogens is 278 g/mol. The lowest BCUT2D eigenvalue weighted by Gasteiger charge is -2.20. The van der Waals surface area contributed by atoms with Crippen LogP contribution in [0.5, 0.6) is 0 Å². The van der Waals surface area contributed by atoms with Gasteiger partial charge in [-0.25, -0.2) is 8.42 Å². The molecule has 0 radical (unpaired) electrons. The van der Waals surface area contributed by atoms with Crippen LogP contribution in [0, 0.1) is 0 Å². The highest BCUT2D eigenvalue weighted by Gasteiger charge is 2.29. The molecule has 1 aliphatic heterocycles. The average Bonchev–Trinajstić information content (AvgIpc) is 2.65. The number of para-hydroxylation sites is 1. The number of anilines is 1. The fourth-order valence-corrected chi connectivity index (χ4v) is 3.75. The molecule has 0 aliphatic carbocycles. The van der Waals surface area contributed by atoms with Crippen molar-refractivity contribution in [2.75, 3.05) is 31.5 Å². The predicted molar refractivity (Wildman–Crippen MR) is 77.0 cm³/mol. The maximum atomic E-state index is 12.7. The quantitative estimate of drug-likeness (QED) is 0.854. The van der Waals surface area contributed by atoms with Gasteiger partial charge in [-0.15, -0.1) is 0 Å². The number of hydrogen-bond donors (Lipinski definition) is 2. The van der Waals surface area contributed by atoms with E-state index in [2.05, 4.69) is 10.6 Å². The molecule has 0 bridgehead atoms. The van der Waals surface area contributed by atoms with Crippen LogP contribution in [0.3, 0.4) is 0 Å². The molecule has 7 heteroatoms. The van der Waals surface area contributed by atoms with Crippen molar-refractivity contribution in [2.45, 2.75) is 18.2 Å². The molecule has 1 aliphatic rings. The summed E-state index contributed by atoms with van der Waals surface area (Å²) in [5.74, 6) is -0.257. The standard InChI is InChI=1S/C13H19N3O3S/c1-2-14-11-6-3-4-7-12(11)20(18,19)16-9-5-8-15-13(17)10-16/h3-4,6-7,14H,2,5,8-10H2,1H3,(H,15,17). The van der Waals surface area contributed by atoms with Gasteiger partial charge in [0, 0.05) is 19.6 Å². The first-order valence-electron chi connectivity index (χ1n) is 6.65. The van der Waals surface area contributed by atoms with Gasteiger partial charge in [-0.2, -0.15) is 4.31 Å². The molecule has 0 unspecified atom stereocenters. The number of sulfonamides is 1. The molecule has 1 fully saturated rings. The highest BCUT2D eigenvalue weighted by molar-refractivity contribution is 7.89. The third-order valence-electron chi connectivity index (χ3n) is 3.10. The van der Waals surface area contributed by atoms with E-state index in [0.29, 0.717) is 31.7 Å². The maximum absolute atomic E-state index is 12.7. The summed E-state index contributed by atoms with van der Waals surface area (Å²) in [7, 11) is -3.66. The molecule has 1 aromatic rings. The zero-order valence-electron chi connectivity index (χ0n) is 11.4. The molecule has 1 aromatic carbocycles. The Morgan fingerprint density at radius 1 is 1.35 bits per heavy atom. The third kappa shape index (κ3) is 3.10. The van der Waals surface area contributed by atoms with E-state index >= 15 is 0 Å². The van der Waals surface area contributed by atoms with Crippen LogP contribution in [0.1, 0.15) is 13.3 Å². The highest BCUT2D eigenvalue weighted by atomic mass is 32.2. The summed E-state index contributed by atoms with van der Waals surface area (Å²) in [4.78, 5) is 11.8. The van der Waals surface area contributed by atoms with Gasteiger partial charge in [0.2, 0.25) is 15.9 Å². The van der Waals surface area contributed by atoms with Gasteiger partial charge in [0.25, 0.3) is 0 Å². The van der Waals surface area contributed by atoms with Crippen molar-refractivity contribution in [3.8, 4) is 0 Å². The Kier molecular flexibility index (Phi) is 4.61. The van der Waals surface area contributed by atoms with E-state index in [9.17, 15) is 13.2 Å². The van der Waals surface area contributed by atoms with E-state index in [1.54, 1.807) is 24.3 Å². The van der Waals surface area contributed by atoms with Gasteiger partial charge in [0.1, 0.15) is 4.90 Å². The Balaban J connectivity index is 2.36. The van der Waals surface area contributed by atoms with E-state index < -0.39 is 10.0 Å². The molecule has 1 amide bonds. The fraction of sp³-hybridized carbons (Fsp3) is 0.462. The smallest absolute Gasteiger partial charge is 0.245 e. The Morgan fingerprint density at radius 3 is 2.85 bits per heavy atom. The zero-order chi connectivity index (χ0) is 14.6. The van der Waals surface area contributed by atoms with Gasteiger partial charge < -0.3 is 10.6 Å². The van der Waals surface area contributed by atoms with Crippen LogP contribution in [0.2, 0.25) is 0 Å². The van der Waals surface area contributed by atoms with Crippen LogP contribution in [-0.2, 0) is 14.8 Å². The molecule has 1 saturated heterocycles. The molecule has 1 heterocycles. The lowest BCUT2D eigenvalue weighted by atomic mass is 10.3. The van der Waals surface area contributed by atoms with Gasteiger partial charge in [-0.3, -0.25) is 4.79 Å². The van der Waals surface area contributed by atoms with Crippen molar-refractivity contribution in [1.29, 1.82) is 0 Å². The number of carbonyl (C=O) groups is 1. The van der Waals surface area contributed by atoms with Crippen molar-refractivity contribution in [2.24, 2.45) is 0 Å². The molecule has 0 aromatic heterocycles. The Bertz CT molecular complexity index is 586. The van der Waals surface area contributed by atoms with Crippen molar-refractivity contribution in [1.82, 2.24) is 9.62 Å². The highest BCUT2D eigenvalue weighted by Crippen LogP contribution is 2.24. The molecule has 6 nitrogen and oxygen atoms in total. The van der Waals surface area contributed by atoms with E-state index in [0.717, 1.165) is 0 Å². The van der Waals surface area contributed by atoms with Crippen LogP contribution in [0.25, 0.3) is 0 Å². The van der Waals surface area contributed by atoms with Crippen molar-refractivity contribution in [3.63, 3.8) is 0 Å². The Hall–Kier alpha value is -1.60. The lowest BCUT2D eigenvalue weighted by Crippen LogP contribution is -2.37. The molecule has 0 spiro atoms. The van der Waals surface area contributed by atoms with Gasteiger partial charge in [-0.1, -0.05) is 12.1 Å². The number of carbonyl (C=O) groups excluding carboxylic acids is 1. The lowest BCUT2D eigenvalue weighted by molar-refractivity contribution is -0.120. The van der Waals surface area contributed by atoms with Crippen LogP contribution in [0.4, 0.5) is 5.69 Å². The third-order valence-corrected chi connectivity index (χ3v) is 5.00. The number of nitrogens with one attached hydrogen (secondary N) is 2. The van der Waals surface area contributed by atoms with E-state index in [4.69, 9.17) is 0 Å². The van der Waals surface area contributed by atoms with Crippen LogP contribution in [0.15, 0.2) is 29.2 Å². The number of nitrogens with zero attached hydrogens (tertiary/aromatic N) is 1. The van der Waals surface area contributed by atoms with Crippen molar-refractivity contribution >= 4 is 21.6 Å². The van der Waals surface area contributed by atoms with Crippen LogP contribution >= 0.6 is 0 Å². The summed E-state index contributed by atoms with van der Waals surface area (Å²) in [6.07, 6.45) is 0.619. The maximum Gasteiger partial charge on any atom is 0.245 e. The molecule has 0 atom stereocenters. The summed E-state index contributed by atoms with van der Waals surface area (Å²) in [5.41, 5.74) is 0.569. The zero-order valence-corrected chi connectivity index (χ0v) is 12.2. The molecular formula is C13H19N3O3S. The van der Waals surface area contributed by atoms with Gasteiger partial charge in [0.15, 0.2) is 0 Å². The van der Waals surface area contributed by atoms with E-state index in [-0.39, 0.29) is 17.3 Å². The largest absolute Gasteiger partial charge is 0.384 e. The second-order valence-electron chi connectivity index (χ2n) is 4.57. The predicted octanol–water partition coefficient (Wildman–Crippen LogP) is 0.629. The minimum atomic E-state index is -3.66. The van der Waals surface area contributed by atoms with Crippen LogP contribution in [-0.4, -0.2) is 44.8 Å². The average molecular weight is 297 g/mol. The van der Waals surface area contributed by atoms with Gasteiger partial charge >= 0.3 is 0 Å². The van der Waals surface area contributed by atoms with Crippen LogP contribution < -0.4 is 10.6 Å². The molecule has 20 heavy (non-hydrogen) atoms. The fourth-order valence-electron chi connectivity index (χ4n) is 2.15. The van der Waals surface area contributed by atoms with E-state index in [1.807, 2.05) is 6.92 Å². The molecule has 110 valence electrons. The summed E-state index contributed by atoms with van der Waals surface area (Å²) < 4.78 is 26.6. The second kappa shape index (κ2) is 6.23. The Morgan fingerprint density at radius 2 is 2.10 bits per heavy atom. The summed E-state index contributed by atoms with van der Waals surface area (Å²) in [6, 6.07) is 6.77. The first kappa shape index (κ1) is 14.8. The minimum Gasteiger partial charge on any atom is -0.384 e. The number of rotatable bonds is 4. The number of hydrogen-bond acceptors (Lipinski definition) is 4. The first-order valence-corrected chi connectivity index (χ1v) is 8.09. The van der Waals surface area contributed by atoms with Crippen molar-refractivity contribution < 1.29 is 13.2 Å². The number of benzene rings is 1.